The average molecular weight is 433 g/mol. The molecule has 6 aromatic rings. The van der Waals surface area contributed by atoms with Gasteiger partial charge in [-0.2, -0.15) is 10.1 Å². The molecule has 3 aromatic carbocycles. The third-order valence-corrected chi connectivity index (χ3v) is 6.50. The third-order valence-electron chi connectivity index (χ3n) is 6.50. The van der Waals surface area contributed by atoms with Crippen LogP contribution in [0.1, 0.15) is 29.4 Å². The van der Waals surface area contributed by atoms with Crippen LogP contribution in [0.15, 0.2) is 66.7 Å². The predicted octanol–water partition coefficient (Wildman–Crippen LogP) is 5.55. The molecule has 0 saturated carbocycles. The second-order valence-corrected chi connectivity index (χ2v) is 8.46. The van der Waals surface area contributed by atoms with Crippen molar-refractivity contribution >= 4 is 32.8 Å². The highest BCUT2D eigenvalue weighted by atomic mass is 15.4. The largest absolute Gasteiger partial charge is 0.324 e. The Labute approximate surface area is 191 Å². The van der Waals surface area contributed by atoms with E-state index in [-0.39, 0.29) is 0 Å². The SMILES string of the molecule is CCn1c2ccccc2c2nnc(-n3nc(C)c(Cc4ccc5ccccc5c4)c3C)nc21. The fraction of sp³-hybridized carbons (Fsp3) is 0.185. The maximum atomic E-state index is 4.91. The first kappa shape index (κ1) is 19.6. The van der Waals surface area contributed by atoms with E-state index in [0.29, 0.717) is 5.95 Å². The monoisotopic (exact) mass is 432 g/mol. The first-order valence-corrected chi connectivity index (χ1v) is 11.3. The molecule has 0 aliphatic heterocycles. The molecular formula is C27H24N6. The Balaban J connectivity index is 1.44. The Morgan fingerprint density at radius 3 is 2.48 bits per heavy atom. The third kappa shape index (κ3) is 3.09. The van der Waals surface area contributed by atoms with Crippen LogP contribution in [0.4, 0.5) is 0 Å². The molecule has 6 heteroatoms. The Bertz CT molecular complexity index is 1660. The lowest BCUT2D eigenvalue weighted by Gasteiger charge is -2.06. The fourth-order valence-electron chi connectivity index (χ4n) is 4.78. The van der Waals surface area contributed by atoms with Crippen LogP contribution >= 0.6 is 0 Å². The van der Waals surface area contributed by atoms with Crippen molar-refractivity contribution in [1.29, 1.82) is 0 Å². The minimum absolute atomic E-state index is 0.505. The van der Waals surface area contributed by atoms with Crippen molar-refractivity contribution in [3.63, 3.8) is 0 Å². The zero-order valence-electron chi connectivity index (χ0n) is 18.9. The summed E-state index contributed by atoms with van der Waals surface area (Å²) in [5.74, 6) is 0.505. The van der Waals surface area contributed by atoms with Gasteiger partial charge in [0.1, 0.15) is 5.52 Å². The molecule has 6 rings (SSSR count). The zero-order valence-corrected chi connectivity index (χ0v) is 18.9. The van der Waals surface area contributed by atoms with E-state index in [2.05, 4.69) is 90.1 Å². The van der Waals surface area contributed by atoms with E-state index in [1.807, 2.05) is 16.8 Å². The van der Waals surface area contributed by atoms with Gasteiger partial charge in [-0.3, -0.25) is 0 Å². The smallest absolute Gasteiger partial charge is 0.272 e. The van der Waals surface area contributed by atoms with E-state index in [1.54, 1.807) is 0 Å². The fourth-order valence-corrected chi connectivity index (χ4v) is 4.78. The molecule has 33 heavy (non-hydrogen) atoms. The molecule has 0 amide bonds. The van der Waals surface area contributed by atoms with Crippen molar-refractivity contribution in [3.8, 4) is 5.95 Å². The Hall–Kier alpha value is -4.06. The highest BCUT2D eigenvalue weighted by Crippen LogP contribution is 2.27. The molecule has 162 valence electrons. The number of benzene rings is 3. The lowest BCUT2D eigenvalue weighted by Crippen LogP contribution is -2.08. The molecule has 0 aliphatic rings. The average Bonchev–Trinajstić information content (AvgIpc) is 3.32. The molecule has 0 N–H and O–H groups in total. The standard InChI is InChI=1S/C27H24N6/c1-4-32-24-12-8-7-11-22(24)25-26(32)28-27(30-29-25)33-18(3)23(17(2)31-33)16-19-13-14-20-9-5-6-10-21(20)15-19/h5-15H,4,16H2,1-3H3. The molecule has 0 atom stereocenters. The summed E-state index contributed by atoms with van der Waals surface area (Å²) in [4.78, 5) is 4.91. The number of fused-ring (bicyclic) bond motifs is 4. The van der Waals surface area contributed by atoms with Gasteiger partial charge in [-0.1, -0.05) is 60.7 Å². The second-order valence-electron chi connectivity index (χ2n) is 8.46. The number of para-hydroxylation sites is 1. The number of aromatic nitrogens is 6. The summed E-state index contributed by atoms with van der Waals surface area (Å²) in [5.41, 5.74) is 7.28. The summed E-state index contributed by atoms with van der Waals surface area (Å²) in [6.45, 7) is 7.07. The van der Waals surface area contributed by atoms with Gasteiger partial charge in [0.25, 0.3) is 5.95 Å². The topological polar surface area (TPSA) is 61.4 Å². The van der Waals surface area contributed by atoms with Gasteiger partial charge < -0.3 is 4.57 Å². The number of nitrogens with zero attached hydrogens (tertiary/aromatic N) is 6. The lowest BCUT2D eigenvalue weighted by molar-refractivity contribution is 0.743. The highest BCUT2D eigenvalue weighted by Gasteiger charge is 2.18. The van der Waals surface area contributed by atoms with Gasteiger partial charge >= 0.3 is 0 Å². The number of hydrogen-bond donors (Lipinski definition) is 0. The molecule has 0 fully saturated rings. The summed E-state index contributed by atoms with van der Waals surface area (Å²) >= 11 is 0. The molecule has 3 aromatic heterocycles. The number of aryl methyl sites for hydroxylation is 2. The number of hydrogen-bond acceptors (Lipinski definition) is 4. The van der Waals surface area contributed by atoms with Gasteiger partial charge in [-0.15, -0.1) is 10.2 Å². The minimum atomic E-state index is 0.505. The van der Waals surface area contributed by atoms with Crippen LogP contribution in [0.25, 0.3) is 38.8 Å². The van der Waals surface area contributed by atoms with E-state index < -0.39 is 0 Å². The van der Waals surface area contributed by atoms with Crippen LogP contribution in [-0.2, 0) is 13.0 Å². The molecule has 6 nitrogen and oxygen atoms in total. The van der Waals surface area contributed by atoms with Crippen LogP contribution in [0.3, 0.4) is 0 Å². The van der Waals surface area contributed by atoms with E-state index in [1.165, 1.54) is 21.9 Å². The van der Waals surface area contributed by atoms with Crippen molar-refractivity contribution in [2.45, 2.75) is 33.7 Å². The predicted molar refractivity (Wildman–Crippen MR) is 132 cm³/mol. The van der Waals surface area contributed by atoms with Crippen molar-refractivity contribution in [1.82, 2.24) is 29.5 Å². The van der Waals surface area contributed by atoms with E-state index in [4.69, 9.17) is 10.1 Å². The van der Waals surface area contributed by atoms with Crippen molar-refractivity contribution in [2.24, 2.45) is 0 Å². The van der Waals surface area contributed by atoms with Gasteiger partial charge in [-0.05, 0) is 43.2 Å². The van der Waals surface area contributed by atoms with E-state index >= 15 is 0 Å². The second kappa shape index (κ2) is 7.52. The lowest BCUT2D eigenvalue weighted by atomic mass is 10.0. The van der Waals surface area contributed by atoms with Gasteiger partial charge in [0.15, 0.2) is 5.65 Å². The Morgan fingerprint density at radius 2 is 1.64 bits per heavy atom. The van der Waals surface area contributed by atoms with Gasteiger partial charge in [-0.25, -0.2) is 4.68 Å². The molecule has 0 bridgehead atoms. The van der Waals surface area contributed by atoms with E-state index in [9.17, 15) is 0 Å². The quantitative estimate of drug-likeness (QED) is 0.367. The molecule has 0 radical (unpaired) electrons. The summed E-state index contributed by atoms with van der Waals surface area (Å²) in [7, 11) is 0. The minimum Gasteiger partial charge on any atom is -0.324 e. The normalized spacial score (nSPS) is 11.7. The summed E-state index contributed by atoms with van der Waals surface area (Å²) in [5, 5.41) is 17.4. The Morgan fingerprint density at radius 1 is 0.848 bits per heavy atom. The summed E-state index contributed by atoms with van der Waals surface area (Å²) in [6, 6.07) is 23.3. The van der Waals surface area contributed by atoms with Crippen LogP contribution in [0.5, 0.6) is 0 Å². The van der Waals surface area contributed by atoms with Gasteiger partial charge in [0.2, 0.25) is 0 Å². The Kier molecular flexibility index (Phi) is 4.47. The van der Waals surface area contributed by atoms with Crippen LogP contribution in [0, 0.1) is 13.8 Å². The highest BCUT2D eigenvalue weighted by molar-refractivity contribution is 6.04. The molecule has 0 aliphatic carbocycles. The summed E-state index contributed by atoms with van der Waals surface area (Å²) in [6.07, 6.45) is 0.813. The van der Waals surface area contributed by atoms with Gasteiger partial charge in [0, 0.05) is 29.6 Å². The van der Waals surface area contributed by atoms with Gasteiger partial charge in [0.05, 0.1) is 11.2 Å². The zero-order chi connectivity index (χ0) is 22.5. The van der Waals surface area contributed by atoms with E-state index in [0.717, 1.165) is 46.4 Å². The first-order valence-electron chi connectivity index (χ1n) is 11.3. The molecular weight excluding hydrogens is 408 g/mol. The maximum Gasteiger partial charge on any atom is 0.272 e. The number of rotatable bonds is 4. The molecule has 3 heterocycles. The van der Waals surface area contributed by atoms with Crippen LogP contribution in [-0.4, -0.2) is 29.5 Å². The van der Waals surface area contributed by atoms with Crippen molar-refractivity contribution in [3.05, 3.63) is 89.2 Å². The molecule has 0 spiro atoms. The van der Waals surface area contributed by atoms with Crippen LogP contribution in [0.2, 0.25) is 0 Å². The first-order chi connectivity index (χ1) is 16.1. The van der Waals surface area contributed by atoms with Crippen LogP contribution < -0.4 is 0 Å². The van der Waals surface area contributed by atoms with Crippen molar-refractivity contribution < 1.29 is 0 Å². The molecule has 0 saturated heterocycles. The van der Waals surface area contributed by atoms with Crippen molar-refractivity contribution in [2.75, 3.05) is 0 Å². The maximum absolute atomic E-state index is 4.91. The summed E-state index contributed by atoms with van der Waals surface area (Å²) < 4.78 is 4.01. The molecule has 0 unspecified atom stereocenters.